The highest BCUT2D eigenvalue weighted by Gasteiger charge is 2.14. The molecule has 0 aliphatic rings. The largest absolute Gasteiger partial charge is 0.507 e. The first-order chi connectivity index (χ1) is 11.2. The van der Waals surface area contributed by atoms with Crippen LogP contribution in [0.4, 0.5) is 0 Å². The smallest absolute Gasteiger partial charge is 0.193 e. The summed E-state index contributed by atoms with van der Waals surface area (Å²) in [5.41, 5.74) is 1.27. The van der Waals surface area contributed by atoms with Crippen molar-refractivity contribution < 1.29 is 18.7 Å². The first-order valence-electron chi connectivity index (χ1n) is 6.99. The van der Waals surface area contributed by atoms with E-state index in [1.807, 2.05) is 0 Å². The maximum atomic E-state index is 12.4. The van der Waals surface area contributed by atoms with Gasteiger partial charge in [-0.1, -0.05) is 0 Å². The van der Waals surface area contributed by atoms with Crippen LogP contribution in [-0.4, -0.2) is 12.2 Å². The zero-order valence-corrected chi connectivity index (χ0v) is 12.2. The van der Waals surface area contributed by atoms with Crippen LogP contribution in [0, 0.1) is 0 Å². The molecule has 4 aromatic rings. The van der Waals surface area contributed by atoms with Gasteiger partial charge in [0.15, 0.2) is 5.43 Å². The quantitative estimate of drug-likeness (QED) is 0.607. The van der Waals surface area contributed by atoms with E-state index in [0.717, 1.165) is 0 Å². The first-order valence-corrected chi connectivity index (χ1v) is 6.99. The highest BCUT2D eigenvalue weighted by Crippen LogP contribution is 2.34. The second-order valence-electron chi connectivity index (χ2n) is 5.13. The molecule has 5 nitrogen and oxygen atoms in total. The van der Waals surface area contributed by atoms with E-state index in [-0.39, 0.29) is 16.9 Å². The number of hydrogen-bond acceptors (Lipinski definition) is 5. The molecule has 0 spiro atoms. The topological polar surface area (TPSA) is 72.8 Å². The third-order valence-corrected chi connectivity index (χ3v) is 3.79. The predicted octanol–water partition coefficient (Wildman–Crippen LogP) is 3.92. The van der Waals surface area contributed by atoms with Crippen LogP contribution >= 0.6 is 0 Å². The normalized spacial score (nSPS) is 11.2. The Hall–Kier alpha value is -3.21. The number of furan rings is 1. The van der Waals surface area contributed by atoms with Crippen molar-refractivity contribution in [3.8, 4) is 22.8 Å². The van der Waals surface area contributed by atoms with Gasteiger partial charge in [-0.05, 0) is 36.4 Å². The van der Waals surface area contributed by atoms with Gasteiger partial charge in [0.1, 0.15) is 28.4 Å². The third-order valence-electron chi connectivity index (χ3n) is 3.79. The van der Waals surface area contributed by atoms with E-state index < -0.39 is 0 Å². The minimum atomic E-state index is -0.188. The maximum absolute atomic E-state index is 12.4. The zero-order chi connectivity index (χ0) is 16.0. The lowest BCUT2D eigenvalue weighted by atomic mass is 10.1. The van der Waals surface area contributed by atoms with Gasteiger partial charge in [0.2, 0.25) is 0 Å². The first kappa shape index (κ1) is 13.5. The Balaban J connectivity index is 2.07. The highest BCUT2D eigenvalue weighted by molar-refractivity contribution is 6.02. The minimum absolute atomic E-state index is 0.00710. The van der Waals surface area contributed by atoms with Crippen molar-refractivity contribution in [1.82, 2.24) is 0 Å². The number of phenolic OH excluding ortho intramolecular Hbond substituents is 1. The maximum Gasteiger partial charge on any atom is 0.193 e. The van der Waals surface area contributed by atoms with E-state index in [1.165, 1.54) is 19.2 Å². The fraction of sp³-hybridized carbons (Fsp3) is 0.0556. The van der Waals surface area contributed by atoms with Crippen molar-refractivity contribution in [2.24, 2.45) is 0 Å². The summed E-state index contributed by atoms with van der Waals surface area (Å²) >= 11 is 0. The standard InChI is InChI=1S/C18H12O5/c1-21-10-2-4-14(19)13(8-10)17-9-15(20)11-3-5-16-12(6-7-22-16)18(11)23-17/h2-9,19H,1H3. The summed E-state index contributed by atoms with van der Waals surface area (Å²) in [4.78, 5) is 12.4. The Bertz CT molecular complexity index is 1090. The molecule has 23 heavy (non-hydrogen) atoms. The number of benzene rings is 2. The van der Waals surface area contributed by atoms with E-state index in [4.69, 9.17) is 13.6 Å². The Labute approximate surface area is 130 Å². The van der Waals surface area contributed by atoms with Crippen LogP contribution in [0.25, 0.3) is 33.3 Å². The number of methoxy groups -OCH3 is 1. The predicted molar refractivity (Wildman–Crippen MR) is 85.9 cm³/mol. The van der Waals surface area contributed by atoms with Crippen molar-refractivity contribution >= 4 is 21.9 Å². The molecule has 0 fully saturated rings. The van der Waals surface area contributed by atoms with Gasteiger partial charge < -0.3 is 18.7 Å². The molecule has 1 N–H and O–H groups in total. The molecule has 2 aromatic heterocycles. The monoisotopic (exact) mass is 308 g/mol. The van der Waals surface area contributed by atoms with E-state index >= 15 is 0 Å². The molecular formula is C18H12O5. The minimum Gasteiger partial charge on any atom is -0.507 e. The molecule has 114 valence electrons. The number of fused-ring (bicyclic) bond motifs is 3. The van der Waals surface area contributed by atoms with Crippen LogP contribution in [0.15, 0.2) is 62.4 Å². The Morgan fingerprint density at radius 2 is 1.91 bits per heavy atom. The van der Waals surface area contributed by atoms with Gasteiger partial charge in [-0.2, -0.15) is 0 Å². The van der Waals surface area contributed by atoms with Crippen LogP contribution < -0.4 is 10.2 Å². The average Bonchev–Trinajstić information content (AvgIpc) is 3.04. The van der Waals surface area contributed by atoms with Gasteiger partial charge in [0.05, 0.1) is 29.7 Å². The molecule has 2 heterocycles. The molecule has 0 atom stereocenters. The van der Waals surface area contributed by atoms with Crippen LogP contribution in [0.1, 0.15) is 0 Å². The van der Waals surface area contributed by atoms with Gasteiger partial charge in [-0.15, -0.1) is 0 Å². The van der Waals surface area contributed by atoms with E-state index in [9.17, 15) is 9.90 Å². The summed E-state index contributed by atoms with van der Waals surface area (Å²) in [6, 6.07) is 11.3. The lowest BCUT2D eigenvalue weighted by Gasteiger charge is -2.08. The summed E-state index contributed by atoms with van der Waals surface area (Å²) in [6.45, 7) is 0. The summed E-state index contributed by atoms with van der Waals surface area (Å²) in [6.07, 6.45) is 1.54. The fourth-order valence-corrected chi connectivity index (χ4v) is 2.63. The molecular weight excluding hydrogens is 296 g/mol. The lowest BCUT2D eigenvalue weighted by Crippen LogP contribution is -2.00. The molecule has 0 bridgehead atoms. The fourth-order valence-electron chi connectivity index (χ4n) is 2.63. The average molecular weight is 308 g/mol. The van der Waals surface area contributed by atoms with Crippen molar-refractivity contribution in [3.05, 3.63) is 59.0 Å². The molecule has 0 unspecified atom stereocenters. The summed E-state index contributed by atoms with van der Waals surface area (Å²) < 4.78 is 16.4. The van der Waals surface area contributed by atoms with E-state index in [0.29, 0.717) is 33.3 Å². The van der Waals surface area contributed by atoms with Crippen molar-refractivity contribution in [2.75, 3.05) is 7.11 Å². The summed E-state index contributed by atoms with van der Waals surface area (Å²) in [5, 5.41) is 11.3. The second kappa shape index (κ2) is 4.91. The van der Waals surface area contributed by atoms with E-state index in [1.54, 1.807) is 36.6 Å². The molecule has 0 saturated carbocycles. The van der Waals surface area contributed by atoms with Gasteiger partial charge in [0, 0.05) is 6.07 Å². The molecule has 0 aliphatic heterocycles. The Morgan fingerprint density at radius 1 is 1.04 bits per heavy atom. The van der Waals surface area contributed by atoms with Gasteiger partial charge in [-0.3, -0.25) is 4.79 Å². The number of aromatic hydroxyl groups is 1. The third kappa shape index (κ3) is 2.05. The number of hydrogen-bond donors (Lipinski definition) is 1. The van der Waals surface area contributed by atoms with Gasteiger partial charge in [-0.25, -0.2) is 0 Å². The Morgan fingerprint density at radius 3 is 2.74 bits per heavy atom. The van der Waals surface area contributed by atoms with Crippen LogP contribution in [-0.2, 0) is 0 Å². The lowest BCUT2D eigenvalue weighted by molar-refractivity contribution is 0.412. The molecule has 0 radical (unpaired) electrons. The Kier molecular flexibility index (Phi) is 2.87. The number of rotatable bonds is 2. The molecule has 0 amide bonds. The highest BCUT2D eigenvalue weighted by atomic mass is 16.5. The van der Waals surface area contributed by atoms with Gasteiger partial charge >= 0.3 is 0 Å². The second-order valence-corrected chi connectivity index (χ2v) is 5.13. The van der Waals surface area contributed by atoms with Crippen molar-refractivity contribution in [2.45, 2.75) is 0 Å². The zero-order valence-electron chi connectivity index (χ0n) is 12.2. The molecule has 0 saturated heterocycles. The van der Waals surface area contributed by atoms with Crippen molar-refractivity contribution in [3.63, 3.8) is 0 Å². The number of phenols is 1. The van der Waals surface area contributed by atoms with Crippen LogP contribution in [0.3, 0.4) is 0 Å². The summed E-state index contributed by atoms with van der Waals surface area (Å²) in [7, 11) is 1.53. The molecule has 4 rings (SSSR count). The van der Waals surface area contributed by atoms with Crippen molar-refractivity contribution in [1.29, 1.82) is 0 Å². The van der Waals surface area contributed by atoms with Crippen LogP contribution in [0.5, 0.6) is 11.5 Å². The molecule has 5 heteroatoms. The van der Waals surface area contributed by atoms with Gasteiger partial charge in [0.25, 0.3) is 0 Å². The van der Waals surface area contributed by atoms with E-state index in [2.05, 4.69) is 0 Å². The summed E-state index contributed by atoms with van der Waals surface area (Å²) in [5.74, 6) is 0.835. The SMILES string of the molecule is COc1ccc(O)c(-c2cc(=O)c3ccc4occc4c3o2)c1. The molecule has 0 aliphatic carbocycles. The molecule has 2 aromatic carbocycles. The van der Waals surface area contributed by atoms with Crippen LogP contribution in [0.2, 0.25) is 0 Å². The number of ether oxygens (including phenoxy) is 1.